The van der Waals surface area contributed by atoms with Crippen LogP contribution in [-0.4, -0.2) is 19.8 Å². The van der Waals surface area contributed by atoms with Crippen LogP contribution in [-0.2, 0) is 9.84 Å². The van der Waals surface area contributed by atoms with Crippen LogP contribution < -0.4 is 5.73 Å². The summed E-state index contributed by atoms with van der Waals surface area (Å²) < 4.78 is 41.2. The molecule has 2 rings (SSSR count). The van der Waals surface area contributed by atoms with Crippen LogP contribution in [0.3, 0.4) is 0 Å². The van der Waals surface area contributed by atoms with Crippen LogP contribution in [0.15, 0.2) is 22.7 Å². The van der Waals surface area contributed by atoms with E-state index >= 15 is 0 Å². The van der Waals surface area contributed by atoms with Gasteiger partial charge in [0, 0.05) is 11.8 Å². The maximum Gasteiger partial charge on any atom is 0.230 e. The van der Waals surface area contributed by atoms with Gasteiger partial charge in [0.2, 0.25) is 5.88 Å². The molecule has 2 aromatic rings. The van der Waals surface area contributed by atoms with Gasteiger partial charge in [0.1, 0.15) is 16.8 Å². The van der Waals surface area contributed by atoms with Gasteiger partial charge in [-0.25, -0.2) is 12.8 Å². The van der Waals surface area contributed by atoms with Crippen molar-refractivity contribution in [1.29, 1.82) is 0 Å². The van der Waals surface area contributed by atoms with E-state index in [2.05, 4.69) is 5.16 Å². The Morgan fingerprint density at radius 1 is 1.45 bits per heavy atom. The normalized spacial score (nSPS) is 13.4. The predicted octanol–water partition coefficient (Wildman–Crippen LogP) is 2.82. The monoisotopic (exact) mass is 318 g/mol. The average molecular weight is 319 g/mol. The van der Waals surface area contributed by atoms with E-state index in [9.17, 15) is 12.8 Å². The van der Waals surface area contributed by atoms with Crippen molar-refractivity contribution in [1.82, 2.24) is 5.16 Å². The van der Waals surface area contributed by atoms with E-state index in [0.717, 1.165) is 12.3 Å². The number of halogens is 2. The third-order valence-electron chi connectivity index (χ3n) is 2.97. The summed E-state index contributed by atoms with van der Waals surface area (Å²) in [6, 6.07) is 3.71. The van der Waals surface area contributed by atoms with Crippen molar-refractivity contribution in [3.63, 3.8) is 0 Å². The Bertz CT molecular complexity index is 758. The highest BCUT2D eigenvalue weighted by molar-refractivity contribution is 7.90. The molecule has 0 aliphatic heterocycles. The van der Waals surface area contributed by atoms with Crippen molar-refractivity contribution in [2.24, 2.45) is 0 Å². The summed E-state index contributed by atoms with van der Waals surface area (Å²) in [5.41, 5.74) is 6.48. The molecule has 0 bridgehead atoms. The third-order valence-corrected chi connectivity index (χ3v) is 4.79. The van der Waals surface area contributed by atoms with E-state index < -0.39 is 20.9 Å². The Morgan fingerprint density at radius 3 is 2.65 bits per heavy atom. The van der Waals surface area contributed by atoms with Crippen molar-refractivity contribution in [2.45, 2.75) is 12.2 Å². The fraction of sp³-hybridized carbons (Fsp3) is 0.250. The summed E-state index contributed by atoms with van der Waals surface area (Å²) in [4.78, 5) is 0. The number of hydrogen-bond acceptors (Lipinski definition) is 5. The molecule has 1 unspecified atom stereocenters. The number of anilines is 1. The van der Waals surface area contributed by atoms with Crippen LogP contribution in [0.25, 0.3) is 11.1 Å². The van der Waals surface area contributed by atoms with Crippen LogP contribution in [0.4, 0.5) is 10.3 Å². The van der Waals surface area contributed by atoms with Crippen molar-refractivity contribution in [2.75, 3.05) is 12.0 Å². The lowest BCUT2D eigenvalue weighted by atomic mass is 10.0. The number of aromatic nitrogens is 1. The van der Waals surface area contributed by atoms with Gasteiger partial charge in [-0.1, -0.05) is 16.8 Å². The maximum absolute atomic E-state index is 13.1. The minimum atomic E-state index is -3.39. The number of benzene rings is 1. The van der Waals surface area contributed by atoms with Gasteiger partial charge in [0.25, 0.3) is 0 Å². The number of nitrogens with two attached hydrogens (primary N) is 1. The van der Waals surface area contributed by atoms with Crippen molar-refractivity contribution >= 4 is 27.3 Å². The standard InChI is InChI=1S/C12H12ClFN2O3S/c1-6(20(2,17)18)11-10(12(15)19-16-11)8-4-3-7(14)5-9(8)13/h3-6H,15H2,1-2H3. The molecule has 1 aromatic carbocycles. The molecule has 0 spiro atoms. The van der Waals surface area contributed by atoms with Gasteiger partial charge in [0.05, 0.1) is 10.6 Å². The first kappa shape index (κ1) is 14.8. The molecule has 0 aliphatic carbocycles. The van der Waals surface area contributed by atoms with Crippen LogP contribution in [0.5, 0.6) is 0 Å². The molecule has 20 heavy (non-hydrogen) atoms. The Balaban J connectivity index is 2.66. The minimum absolute atomic E-state index is 0.0657. The summed E-state index contributed by atoms with van der Waals surface area (Å²) >= 11 is 5.97. The lowest BCUT2D eigenvalue weighted by Gasteiger charge is -2.09. The molecule has 0 saturated carbocycles. The number of sulfone groups is 1. The highest BCUT2D eigenvalue weighted by Crippen LogP contribution is 2.39. The van der Waals surface area contributed by atoms with E-state index in [1.165, 1.54) is 19.1 Å². The minimum Gasteiger partial charge on any atom is -0.367 e. The first-order valence-corrected chi connectivity index (χ1v) is 7.94. The van der Waals surface area contributed by atoms with E-state index in [4.69, 9.17) is 21.9 Å². The van der Waals surface area contributed by atoms with Crippen LogP contribution in [0.2, 0.25) is 5.02 Å². The molecule has 8 heteroatoms. The van der Waals surface area contributed by atoms with Crippen LogP contribution in [0.1, 0.15) is 17.9 Å². The van der Waals surface area contributed by atoms with E-state index in [0.29, 0.717) is 5.56 Å². The summed E-state index contributed by atoms with van der Waals surface area (Å²) in [5, 5.41) is 2.87. The zero-order chi connectivity index (χ0) is 15.1. The summed E-state index contributed by atoms with van der Waals surface area (Å²) in [5.74, 6) is -0.574. The first-order valence-electron chi connectivity index (χ1n) is 5.61. The van der Waals surface area contributed by atoms with Gasteiger partial charge in [-0.3, -0.25) is 0 Å². The number of nitrogen functional groups attached to an aromatic ring is 1. The summed E-state index contributed by atoms with van der Waals surface area (Å²) in [6.45, 7) is 1.47. The van der Waals surface area contributed by atoms with Gasteiger partial charge >= 0.3 is 0 Å². The van der Waals surface area contributed by atoms with Gasteiger partial charge in [-0.2, -0.15) is 0 Å². The zero-order valence-electron chi connectivity index (χ0n) is 10.7. The molecule has 1 atom stereocenters. The quantitative estimate of drug-likeness (QED) is 0.940. The Morgan fingerprint density at radius 2 is 2.10 bits per heavy atom. The largest absolute Gasteiger partial charge is 0.367 e. The lowest BCUT2D eigenvalue weighted by molar-refractivity contribution is 0.427. The molecule has 1 heterocycles. The van der Waals surface area contributed by atoms with Gasteiger partial charge in [0.15, 0.2) is 9.84 Å². The van der Waals surface area contributed by atoms with E-state index in [1.807, 2.05) is 0 Å². The molecule has 5 nitrogen and oxygen atoms in total. The van der Waals surface area contributed by atoms with Gasteiger partial charge in [-0.15, -0.1) is 0 Å². The first-order chi connectivity index (χ1) is 9.21. The van der Waals surface area contributed by atoms with Crippen molar-refractivity contribution in [3.05, 3.63) is 34.7 Å². The molecular formula is C12H12ClFN2O3S. The molecule has 0 radical (unpaired) electrons. The fourth-order valence-corrected chi connectivity index (χ4v) is 2.59. The second-order valence-electron chi connectivity index (χ2n) is 4.40. The second kappa shape index (κ2) is 5.06. The molecule has 0 amide bonds. The highest BCUT2D eigenvalue weighted by atomic mass is 35.5. The van der Waals surface area contributed by atoms with Gasteiger partial charge in [-0.05, 0) is 25.1 Å². The van der Waals surface area contributed by atoms with Crippen LogP contribution >= 0.6 is 11.6 Å². The SMILES string of the molecule is CC(c1noc(N)c1-c1ccc(F)cc1Cl)S(C)(=O)=O. The molecule has 0 saturated heterocycles. The molecular weight excluding hydrogens is 307 g/mol. The topological polar surface area (TPSA) is 86.2 Å². The lowest BCUT2D eigenvalue weighted by Crippen LogP contribution is -2.09. The maximum atomic E-state index is 13.1. The number of rotatable bonds is 3. The summed E-state index contributed by atoms with van der Waals surface area (Å²) in [6.07, 6.45) is 1.08. The Kier molecular flexibility index (Phi) is 3.75. The van der Waals surface area contributed by atoms with Crippen molar-refractivity contribution < 1.29 is 17.3 Å². The number of hydrogen-bond donors (Lipinski definition) is 1. The third kappa shape index (κ3) is 2.64. The van der Waals surface area contributed by atoms with Gasteiger partial charge < -0.3 is 10.3 Å². The molecule has 1 aromatic heterocycles. The van der Waals surface area contributed by atoms with E-state index in [-0.39, 0.29) is 22.2 Å². The zero-order valence-corrected chi connectivity index (χ0v) is 12.3. The summed E-state index contributed by atoms with van der Waals surface area (Å²) in [7, 11) is -3.39. The predicted molar refractivity (Wildman–Crippen MR) is 74.6 cm³/mol. The molecule has 0 fully saturated rings. The Hall–Kier alpha value is -1.60. The molecule has 108 valence electrons. The van der Waals surface area contributed by atoms with E-state index in [1.54, 1.807) is 0 Å². The molecule has 2 N–H and O–H groups in total. The Labute approximate surface area is 120 Å². The average Bonchev–Trinajstić information content (AvgIpc) is 2.69. The fourth-order valence-electron chi connectivity index (χ4n) is 1.76. The van der Waals surface area contributed by atoms with Crippen molar-refractivity contribution in [3.8, 4) is 11.1 Å². The van der Waals surface area contributed by atoms with Crippen LogP contribution in [0, 0.1) is 5.82 Å². The second-order valence-corrected chi connectivity index (χ2v) is 7.18. The highest BCUT2D eigenvalue weighted by Gasteiger charge is 2.28. The smallest absolute Gasteiger partial charge is 0.230 e. The number of nitrogens with zero attached hydrogens (tertiary/aromatic N) is 1. The molecule has 0 aliphatic rings.